The van der Waals surface area contributed by atoms with E-state index in [1.54, 1.807) is 6.08 Å². The molecule has 1 heterocycles. The van der Waals surface area contributed by atoms with Crippen LogP contribution in [-0.4, -0.2) is 16.3 Å². The standard InChI is InChI=1S/C14H12Cl3NO2/c1-2-11(18-13(19)14(15,16)17)10-7-3-5-9-6-4-8-20-12(9)10/h2-7,11H,1,8H2,(H,18,19). The highest BCUT2D eigenvalue weighted by Gasteiger charge is 2.32. The van der Waals surface area contributed by atoms with Crippen molar-refractivity contribution in [3.8, 4) is 5.75 Å². The summed E-state index contributed by atoms with van der Waals surface area (Å²) in [5, 5.41) is 2.62. The van der Waals surface area contributed by atoms with Gasteiger partial charge in [-0.15, -0.1) is 6.58 Å². The maximum Gasteiger partial charge on any atom is 0.272 e. The molecule has 0 fully saturated rings. The molecule has 6 heteroatoms. The lowest BCUT2D eigenvalue weighted by Crippen LogP contribution is -2.36. The quantitative estimate of drug-likeness (QED) is 0.675. The van der Waals surface area contributed by atoms with Gasteiger partial charge in [-0.05, 0) is 6.08 Å². The van der Waals surface area contributed by atoms with Crippen molar-refractivity contribution in [2.45, 2.75) is 9.83 Å². The Morgan fingerprint density at radius 1 is 1.45 bits per heavy atom. The second-order valence-corrected chi connectivity index (χ2v) is 6.44. The number of hydrogen-bond donors (Lipinski definition) is 1. The third kappa shape index (κ3) is 3.29. The Kier molecular flexibility index (Phi) is 4.63. The van der Waals surface area contributed by atoms with Crippen LogP contribution in [0, 0.1) is 0 Å². The molecule has 1 aliphatic rings. The van der Waals surface area contributed by atoms with E-state index in [1.165, 1.54) is 0 Å². The van der Waals surface area contributed by atoms with E-state index in [9.17, 15) is 4.79 Å². The molecule has 0 aromatic heterocycles. The third-order valence-corrected chi connectivity index (χ3v) is 3.33. The summed E-state index contributed by atoms with van der Waals surface area (Å²) in [6, 6.07) is 5.12. The largest absolute Gasteiger partial charge is 0.489 e. The van der Waals surface area contributed by atoms with Gasteiger partial charge in [0.15, 0.2) is 0 Å². The number of carbonyl (C=O) groups excluding carboxylic acids is 1. The van der Waals surface area contributed by atoms with Crippen LogP contribution in [0.25, 0.3) is 6.08 Å². The summed E-state index contributed by atoms with van der Waals surface area (Å²) < 4.78 is 3.60. The molecule has 2 rings (SSSR count). The predicted molar refractivity (Wildman–Crippen MR) is 82.3 cm³/mol. The second-order valence-electron chi connectivity index (χ2n) is 4.16. The fourth-order valence-corrected chi connectivity index (χ4v) is 2.07. The minimum absolute atomic E-state index is 0.478. The van der Waals surface area contributed by atoms with Gasteiger partial charge in [0.25, 0.3) is 9.70 Å². The summed E-state index contributed by atoms with van der Waals surface area (Å²) in [6.07, 6.45) is 5.43. The molecule has 1 aliphatic heterocycles. The molecule has 1 amide bonds. The van der Waals surface area contributed by atoms with Gasteiger partial charge in [0.05, 0.1) is 6.04 Å². The van der Waals surface area contributed by atoms with Crippen molar-refractivity contribution >= 4 is 46.8 Å². The van der Waals surface area contributed by atoms with Crippen LogP contribution in [0.15, 0.2) is 36.9 Å². The van der Waals surface area contributed by atoms with Crippen LogP contribution in [0.5, 0.6) is 5.75 Å². The van der Waals surface area contributed by atoms with Crippen LogP contribution in [0.4, 0.5) is 0 Å². The number of hydrogen-bond acceptors (Lipinski definition) is 2. The zero-order valence-corrected chi connectivity index (χ0v) is 12.7. The molecule has 106 valence electrons. The lowest BCUT2D eigenvalue weighted by molar-refractivity contribution is -0.120. The summed E-state index contributed by atoms with van der Waals surface area (Å²) >= 11 is 16.7. The van der Waals surface area contributed by atoms with Crippen molar-refractivity contribution in [3.05, 3.63) is 48.1 Å². The van der Waals surface area contributed by atoms with E-state index >= 15 is 0 Å². The van der Waals surface area contributed by atoms with Gasteiger partial charge < -0.3 is 10.1 Å². The number of fused-ring (bicyclic) bond motifs is 1. The molecule has 0 spiro atoms. The Bertz CT molecular complexity index is 564. The Balaban J connectivity index is 2.31. The Hall–Kier alpha value is -1.16. The number of benzene rings is 1. The van der Waals surface area contributed by atoms with Crippen molar-refractivity contribution in [1.82, 2.24) is 5.32 Å². The van der Waals surface area contributed by atoms with Gasteiger partial charge in [-0.2, -0.15) is 0 Å². The molecule has 3 nitrogen and oxygen atoms in total. The third-order valence-electron chi connectivity index (χ3n) is 2.81. The van der Waals surface area contributed by atoms with E-state index in [-0.39, 0.29) is 0 Å². The van der Waals surface area contributed by atoms with E-state index in [0.29, 0.717) is 12.4 Å². The smallest absolute Gasteiger partial charge is 0.272 e. The maximum absolute atomic E-state index is 11.8. The van der Waals surface area contributed by atoms with Gasteiger partial charge >= 0.3 is 0 Å². The molecule has 1 atom stereocenters. The molecule has 1 unspecified atom stereocenters. The van der Waals surface area contributed by atoms with E-state index in [0.717, 1.165) is 11.1 Å². The van der Waals surface area contributed by atoms with Crippen LogP contribution in [0.2, 0.25) is 0 Å². The number of carbonyl (C=O) groups is 1. The van der Waals surface area contributed by atoms with Crippen LogP contribution >= 0.6 is 34.8 Å². The molecular weight excluding hydrogens is 321 g/mol. The van der Waals surface area contributed by atoms with Gasteiger partial charge in [-0.3, -0.25) is 4.79 Å². The minimum atomic E-state index is -2.02. The summed E-state index contributed by atoms with van der Waals surface area (Å²) in [5.41, 5.74) is 1.70. The molecule has 1 aromatic carbocycles. The minimum Gasteiger partial charge on any atom is -0.489 e. The zero-order chi connectivity index (χ0) is 14.8. The molecule has 0 aliphatic carbocycles. The fourth-order valence-electron chi connectivity index (χ4n) is 1.91. The number of ether oxygens (including phenoxy) is 1. The predicted octanol–water partition coefficient (Wildman–Crippen LogP) is 3.81. The SMILES string of the molecule is C=CC(NC(=O)C(Cl)(Cl)Cl)c1cccc2c1OCC=C2. The lowest BCUT2D eigenvalue weighted by atomic mass is 10.0. The number of rotatable bonds is 3. The molecule has 1 N–H and O–H groups in total. The van der Waals surface area contributed by atoms with Gasteiger partial charge in [0, 0.05) is 11.1 Å². The highest BCUT2D eigenvalue weighted by Crippen LogP contribution is 2.34. The van der Waals surface area contributed by atoms with Gasteiger partial charge in [0.2, 0.25) is 0 Å². The maximum atomic E-state index is 11.8. The number of nitrogens with one attached hydrogen (secondary N) is 1. The molecule has 0 saturated carbocycles. The van der Waals surface area contributed by atoms with Crippen LogP contribution < -0.4 is 10.1 Å². The zero-order valence-electron chi connectivity index (χ0n) is 10.4. The van der Waals surface area contributed by atoms with Crippen molar-refractivity contribution in [2.24, 2.45) is 0 Å². The highest BCUT2D eigenvalue weighted by molar-refractivity contribution is 6.76. The number of halogens is 3. The fraction of sp³-hybridized carbons (Fsp3) is 0.214. The van der Waals surface area contributed by atoms with Crippen molar-refractivity contribution in [2.75, 3.05) is 6.61 Å². The first kappa shape index (κ1) is 15.2. The van der Waals surface area contributed by atoms with Gasteiger partial charge in [-0.1, -0.05) is 65.2 Å². The molecule has 0 saturated heterocycles. The average molecular weight is 333 g/mol. The van der Waals surface area contributed by atoms with Crippen molar-refractivity contribution in [1.29, 1.82) is 0 Å². The Labute approximate surface area is 132 Å². The van der Waals surface area contributed by atoms with E-state index in [2.05, 4.69) is 11.9 Å². The number of amides is 1. The first-order chi connectivity index (χ1) is 9.43. The molecule has 1 aromatic rings. The highest BCUT2D eigenvalue weighted by atomic mass is 35.6. The molecule has 20 heavy (non-hydrogen) atoms. The van der Waals surface area contributed by atoms with Crippen LogP contribution in [0.1, 0.15) is 17.2 Å². The van der Waals surface area contributed by atoms with E-state index < -0.39 is 15.7 Å². The molecule has 0 bridgehead atoms. The normalized spacial score (nSPS) is 14.9. The Morgan fingerprint density at radius 2 is 2.20 bits per heavy atom. The van der Waals surface area contributed by atoms with Crippen LogP contribution in [0.3, 0.4) is 0 Å². The monoisotopic (exact) mass is 331 g/mol. The molecular formula is C14H12Cl3NO2. The van der Waals surface area contributed by atoms with Gasteiger partial charge in [-0.25, -0.2) is 0 Å². The lowest BCUT2D eigenvalue weighted by Gasteiger charge is -2.23. The summed E-state index contributed by atoms with van der Waals surface area (Å²) in [5.74, 6) is -0.0131. The van der Waals surface area contributed by atoms with Crippen molar-refractivity contribution < 1.29 is 9.53 Å². The first-order valence-corrected chi connectivity index (χ1v) is 6.99. The van der Waals surface area contributed by atoms with Crippen molar-refractivity contribution in [3.63, 3.8) is 0 Å². The first-order valence-electron chi connectivity index (χ1n) is 5.86. The Morgan fingerprint density at radius 3 is 2.85 bits per heavy atom. The average Bonchev–Trinajstić information content (AvgIpc) is 2.43. The van der Waals surface area contributed by atoms with E-state index in [4.69, 9.17) is 39.5 Å². The topological polar surface area (TPSA) is 38.3 Å². The van der Waals surface area contributed by atoms with Gasteiger partial charge in [0.1, 0.15) is 12.4 Å². The van der Waals surface area contributed by atoms with Crippen LogP contribution in [-0.2, 0) is 4.79 Å². The molecule has 0 radical (unpaired) electrons. The number of alkyl halides is 3. The van der Waals surface area contributed by atoms with E-state index in [1.807, 2.05) is 30.4 Å². The summed E-state index contributed by atoms with van der Waals surface area (Å²) in [6.45, 7) is 4.18. The second kappa shape index (κ2) is 6.08. The summed E-state index contributed by atoms with van der Waals surface area (Å²) in [7, 11) is 0. The summed E-state index contributed by atoms with van der Waals surface area (Å²) in [4.78, 5) is 11.8. The number of para-hydroxylation sites is 1.